The molecule has 4 heteroatoms. The van der Waals surface area contributed by atoms with Gasteiger partial charge in [0.2, 0.25) is 11.8 Å². The van der Waals surface area contributed by atoms with Crippen LogP contribution in [0.2, 0.25) is 0 Å². The first-order chi connectivity index (χ1) is 10.3. The molecule has 2 amide bonds. The highest BCUT2D eigenvalue weighted by Gasteiger charge is 2.25. The van der Waals surface area contributed by atoms with Gasteiger partial charge in [0.05, 0.1) is 12.5 Å². The minimum atomic E-state index is -0.289. The summed E-state index contributed by atoms with van der Waals surface area (Å²) in [7, 11) is 0. The first kappa shape index (κ1) is 18.2. The summed E-state index contributed by atoms with van der Waals surface area (Å²) >= 11 is 0. The Morgan fingerprint density at radius 1 is 1.14 bits per heavy atom. The van der Waals surface area contributed by atoms with E-state index < -0.39 is 0 Å². The standard InChI is InChI=1S/C18H28N2O2/c1-6-15(14-11-9-8-10-12-14)17(22)20(7-2)13-16(21)19-18(3,4)5/h8-12,15H,6-7,13H2,1-5H3,(H,19,21). The average molecular weight is 304 g/mol. The summed E-state index contributed by atoms with van der Waals surface area (Å²) in [4.78, 5) is 26.5. The van der Waals surface area contributed by atoms with Gasteiger partial charge >= 0.3 is 0 Å². The molecule has 1 atom stereocenters. The Labute approximate surface area is 133 Å². The van der Waals surface area contributed by atoms with Gasteiger partial charge in [-0.15, -0.1) is 0 Å². The van der Waals surface area contributed by atoms with E-state index in [0.29, 0.717) is 6.54 Å². The molecule has 22 heavy (non-hydrogen) atoms. The summed E-state index contributed by atoms with van der Waals surface area (Å²) in [5.74, 6) is -0.297. The van der Waals surface area contributed by atoms with Crippen LogP contribution in [-0.2, 0) is 9.59 Å². The molecule has 0 aliphatic carbocycles. The van der Waals surface area contributed by atoms with Crippen LogP contribution in [0.3, 0.4) is 0 Å². The number of nitrogens with one attached hydrogen (secondary N) is 1. The summed E-state index contributed by atoms with van der Waals surface area (Å²) in [5, 5.41) is 2.90. The second kappa shape index (κ2) is 7.97. The monoisotopic (exact) mass is 304 g/mol. The van der Waals surface area contributed by atoms with Crippen LogP contribution in [-0.4, -0.2) is 35.3 Å². The SMILES string of the molecule is CCC(C(=O)N(CC)CC(=O)NC(C)(C)C)c1ccccc1. The molecule has 0 fully saturated rings. The summed E-state index contributed by atoms with van der Waals surface area (Å²) in [6.45, 7) is 10.3. The third-order valence-corrected chi connectivity index (χ3v) is 3.45. The quantitative estimate of drug-likeness (QED) is 0.878. The highest BCUT2D eigenvalue weighted by atomic mass is 16.2. The second-order valence-electron chi connectivity index (χ2n) is 6.52. The van der Waals surface area contributed by atoms with Gasteiger partial charge in [0, 0.05) is 12.1 Å². The van der Waals surface area contributed by atoms with E-state index in [0.717, 1.165) is 12.0 Å². The van der Waals surface area contributed by atoms with Crippen LogP contribution >= 0.6 is 0 Å². The van der Waals surface area contributed by atoms with Crippen molar-refractivity contribution in [3.05, 3.63) is 35.9 Å². The van der Waals surface area contributed by atoms with Crippen LogP contribution in [0.4, 0.5) is 0 Å². The fourth-order valence-corrected chi connectivity index (χ4v) is 2.44. The number of hydrogen-bond acceptors (Lipinski definition) is 2. The molecule has 0 spiro atoms. The van der Waals surface area contributed by atoms with E-state index in [1.165, 1.54) is 0 Å². The van der Waals surface area contributed by atoms with Gasteiger partial charge in [-0.05, 0) is 39.7 Å². The van der Waals surface area contributed by atoms with Gasteiger partial charge in [-0.1, -0.05) is 37.3 Å². The van der Waals surface area contributed by atoms with E-state index in [4.69, 9.17) is 0 Å². The molecule has 1 unspecified atom stereocenters. The van der Waals surface area contributed by atoms with E-state index in [1.54, 1.807) is 4.90 Å². The topological polar surface area (TPSA) is 49.4 Å². The minimum absolute atomic E-state index is 0.0141. The summed E-state index contributed by atoms with van der Waals surface area (Å²) in [6, 6.07) is 9.75. The number of nitrogens with zero attached hydrogens (tertiary/aromatic N) is 1. The molecule has 0 radical (unpaired) electrons. The van der Waals surface area contributed by atoms with Crippen molar-refractivity contribution in [1.29, 1.82) is 0 Å². The third kappa shape index (κ3) is 5.51. The maximum Gasteiger partial charge on any atom is 0.240 e. The molecule has 1 rings (SSSR count). The molecule has 0 aliphatic heterocycles. The zero-order chi connectivity index (χ0) is 16.8. The van der Waals surface area contributed by atoms with E-state index in [9.17, 15) is 9.59 Å². The smallest absolute Gasteiger partial charge is 0.240 e. The Hall–Kier alpha value is -1.84. The first-order valence-corrected chi connectivity index (χ1v) is 7.93. The largest absolute Gasteiger partial charge is 0.350 e. The van der Waals surface area contributed by atoms with Crippen LogP contribution in [0.5, 0.6) is 0 Å². The number of carbonyl (C=O) groups is 2. The summed E-state index contributed by atoms with van der Waals surface area (Å²) in [6.07, 6.45) is 0.722. The average Bonchev–Trinajstić information content (AvgIpc) is 2.44. The van der Waals surface area contributed by atoms with Gasteiger partial charge in [-0.25, -0.2) is 0 Å². The maximum atomic E-state index is 12.8. The Balaban J connectivity index is 2.80. The molecule has 1 aromatic carbocycles. The highest BCUT2D eigenvalue weighted by Crippen LogP contribution is 2.21. The normalized spacial score (nSPS) is 12.6. The number of hydrogen-bond donors (Lipinski definition) is 1. The lowest BCUT2D eigenvalue weighted by Gasteiger charge is -2.28. The van der Waals surface area contributed by atoms with Crippen molar-refractivity contribution in [2.24, 2.45) is 0 Å². The van der Waals surface area contributed by atoms with Crippen molar-refractivity contribution in [2.45, 2.75) is 52.5 Å². The van der Waals surface area contributed by atoms with Crippen molar-refractivity contribution in [3.63, 3.8) is 0 Å². The van der Waals surface area contributed by atoms with Gasteiger partial charge < -0.3 is 10.2 Å². The van der Waals surface area contributed by atoms with E-state index >= 15 is 0 Å². The molecule has 122 valence electrons. The fraction of sp³-hybridized carbons (Fsp3) is 0.556. The molecule has 4 nitrogen and oxygen atoms in total. The highest BCUT2D eigenvalue weighted by molar-refractivity contribution is 5.88. The van der Waals surface area contributed by atoms with E-state index in [1.807, 2.05) is 65.0 Å². The van der Waals surface area contributed by atoms with Crippen molar-refractivity contribution >= 4 is 11.8 Å². The van der Waals surface area contributed by atoms with Crippen LogP contribution < -0.4 is 5.32 Å². The molecular formula is C18H28N2O2. The van der Waals surface area contributed by atoms with Crippen LogP contribution in [0.15, 0.2) is 30.3 Å². The zero-order valence-electron chi connectivity index (χ0n) is 14.3. The lowest BCUT2D eigenvalue weighted by molar-refractivity contribution is -0.137. The zero-order valence-corrected chi connectivity index (χ0v) is 14.3. The van der Waals surface area contributed by atoms with Crippen LogP contribution in [0, 0.1) is 0 Å². The van der Waals surface area contributed by atoms with Crippen molar-refractivity contribution in [3.8, 4) is 0 Å². The summed E-state index contributed by atoms with van der Waals surface area (Å²) < 4.78 is 0. The molecule has 0 heterocycles. The number of likely N-dealkylation sites (N-methyl/N-ethyl adjacent to an activating group) is 1. The van der Waals surface area contributed by atoms with Crippen molar-refractivity contribution in [2.75, 3.05) is 13.1 Å². The molecule has 0 saturated carbocycles. The Bertz CT molecular complexity index is 492. The number of carbonyl (C=O) groups excluding carboxylic acids is 2. The second-order valence-corrected chi connectivity index (χ2v) is 6.52. The predicted octanol–water partition coefficient (Wildman–Crippen LogP) is 2.94. The Morgan fingerprint density at radius 2 is 1.73 bits per heavy atom. The van der Waals surface area contributed by atoms with Gasteiger partial charge in [-0.3, -0.25) is 9.59 Å². The van der Waals surface area contributed by atoms with E-state index in [-0.39, 0.29) is 29.8 Å². The molecule has 1 N–H and O–H groups in total. The first-order valence-electron chi connectivity index (χ1n) is 7.93. The van der Waals surface area contributed by atoms with Crippen molar-refractivity contribution in [1.82, 2.24) is 10.2 Å². The molecule has 0 bridgehead atoms. The third-order valence-electron chi connectivity index (χ3n) is 3.45. The number of benzene rings is 1. The molecule has 0 aromatic heterocycles. The summed E-state index contributed by atoms with van der Waals surface area (Å²) in [5.41, 5.74) is 0.716. The lowest BCUT2D eigenvalue weighted by atomic mass is 9.95. The van der Waals surface area contributed by atoms with Crippen molar-refractivity contribution < 1.29 is 9.59 Å². The van der Waals surface area contributed by atoms with Crippen LogP contribution in [0.1, 0.15) is 52.5 Å². The molecular weight excluding hydrogens is 276 g/mol. The number of amides is 2. The van der Waals surface area contributed by atoms with E-state index in [2.05, 4.69) is 5.32 Å². The van der Waals surface area contributed by atoms with Crippen LogP contribution in [0.25, 0.3) is 0 Å². The maximum absolute atomic E-state index is 12.8. The molecule has 0 saturated heterocycles. The van der Waals surface area contributed by atoms with Gasteiger partial charge in [0.25, 0.3) is 0 Å². The fourth-order valence-electron chi connectivity index (χ4n) is 2.44. The van der Waals surface area contributed by atoms with Gasteiger partial charge in [0.1, 0.15) is 0 Å². The molecule has 0 aliphatic rings. The Kier molecular flexibility index (Phi) is 6.60. The lowest BCUT2D eigenvalue weighted by Crippen LogP contribution is -2.48. The van der Waals surface area contributed by atoms with Gasteiger partial charge in [0.15, 0.2) is 0 Å². The number of rotatable bonds is 6. The van der Waals surface area contributed by atoms with Gasteiger partial charge in [-0.2, -0.15) is 0 Å². The molecule has 1 aromatic rings. The Morgan fingerprint density at radius 3 is 2.18 bits per heavy atom. The minimum Gasteiger partial charge on any atom is -0.350 e. The predicted molar refractivity (Wildman–Crippen MR) is 89.6 cm³/mol.